The molecule has 0 unspecified atom stereocenters. The number of unbranched alkanes of at least 4 members (excludes halogenated alkanes) is 1. The van der Waals surface area contributed by atoms with Crippen molar-refractivity contribution in [3.63, 3.8) is 0 Å². The van der Waals surface area contributed by atoms with E-state index in [1.807, 2.05) is 36.4 Å². The lowest BCUT2D eigenvalue weighted by atomic mass is 9.97. The molecule has 0 saturated carbocycles. The normalized spacial score (nSPS) is 10.5. The summed E-state index contributed by atoms with van der Waals surface area (Å²) in [6.45, 7) is 4.26. The van der Waals surface area contributed by atoms with Gasteiger partial charge < -0.3 is 9.84 Å². The highest BCUT2D eigenvalue weighted by molar-refractivity contribution is 6.11. The first kappa shape index (κ1) is 22.8. The van der Waals surface area contributed by atoms with Gasteiger partial charge in [0, 0.05) is 12.1 Å². The molecule has 0 amide bonds. The number of ether oxygens (including phenoxy) is 1. The minimum atomic E-state index is -0.605. The van der Waals surface area contributed by atoms with E-state index in [2.05, 4.69) is 6.92 Å². The van der Waals surface area contributed by atoms with E-state index in [0.29, 0.717) is 24.3 Å². The van der Waals surface area contributed by atoms with E-state index in [4.69, 9.17) is 4.74 Å². The molecule has 32 heavy (non-hydrogen) atoms. The van der Waals surface area contributed by atoms with Gasteiger partial charge in [-0.2, -0.15) is 5.26 Å². The largest absolute Gasteiger partial charge is 0.494 e. The van der Waals surface area contributed by atoms with Gasteiger partial charge in [0.05, 0.1) is 12.2 Å². The Balaban J connectivity index is 2.00. The fraction of sp³-hybridized carbons (Fsp3) is 0.269. The van der Waals surface area contributed by atoms with Crippen molar-refractivity contribution in [3.8, 4) is 17.7 Å². The Labute approximate surface area is 187 Å². The van der Waals surface area contributed by atoms with Gasteiger partial charge in [-0.05, 0) is 43.0 Å². The first-order valence-corrected chi connectivity index (χ1v) is 10.7. The highest BCUT2D eigenvalue weighted by atomic mass is 16.5. The number of pyridine rings is 1. The average molecular weight is 431 g/mol. The Morgan fingerprint density at radius 1 is 1.16 bits per heavy atom. The van der Waals surface area contributed by atoms with Crippen LogP contribution in [-0.4, -0.2) is 22.1 Å². The summed E-state index contributed by atoms with van der Waals surface area (Å²) in [5, 5.41) is 20.5. The van der Waals surface area contributed by atoms with Crippen molar-refractivity contribution in [1.82, 2.24) is 4.57 Å². The first-order chi connectivity index (χ1) is 15.5. The van der Waals surface area contributed by atoms with Crippen molar-refractivity contribution >= 4 is 5.78 Å². The van der Waals surface area contributed by atoms with E-state index in [9.17, 15) is 20.0 Å². The molecule has 0 radical (unpaired) electrons. The average Bonchev–Trinajstić information content (AvgIpc) is 2.80. The zero-order valence-corrected chi connectivity index (χ0v) is 18.3. The fourth-order valence-electron chi connectivity index (χ4n) is 3.52. The topological polar surface area (TPSA) is 92.3 Å². The number of nitrogens with zero attached hydrogens (tertiary/aromatic N) is 2. The molecule has 0 saturated heterocycles. The number of rotatable bonds is 9. The van der Waals surface area contributed by atoms with Crippen LogP contribution < -0.4 is 10.3 Å². The summed E-state index contributed by atoms with van der Waals surface area (Å²) in [6, 6.07) is 18.1. The lowest BCUT2D eigenvalue weighted by Crippen LogP contribution is -2.27. The van der Waals surface area contributed by atoms with Crippen molar-refractivity contribution in [1.29, 1.82) is 5.26 Å². The van der Waals surface area contributed by atoms with Crippen molar-refractivity contribution in [3.05, 3.63) is 92.8 Å². The van der Waals surface area contributed by atoms with Crippen molar-refractivity contribution in [2.75, 3.05) is 6.61 Å². The van der Waals surface area contributed by atoms with Crippen LogP contribution in [0.2, 0.25) is 0 Å². The maximum Gasteiger partial charge on any atom is 0.271 e. The number of hydrogen-bond acceptors (Lipinski definition) is 5. The number of aryl methyl sites for hydroxylation is 1. The molecular weight excluding hydrogens is 404 g/mol. The quantitative estimate of drug-likeness (QED) is 0.402. The number of nitriles is 1. The van der Waals surface area contributed by atoms with Gasteiger partial charge in [0.25, 0.3) is 5.56 Å². The number of ketones is 1. The van der Waals surface area contributed by atoms with E-state index in [-0.39, 0.29) is 23.2 Å². The van der Waals surface area contributed by atoms with Gasteiger partial charge in [0.2, 0.25) is 5.88 Å². The molecule has 1 N–H and O–H groups in total. The molecule has 0 aliphatic carbocycles. The number of aromatic hydroxyl groups is 1. The van der Waals surface area contributed by atoms with Gasteiger partial charge in [-0.3, -0.25) is 14.2 Å². The maximum atomic E-state index is 13.3. The predicted octanol–water partition coefficient (Wildman–Crippen LogP) is 4.39. The van der Waals surface area contributed by atoms with Crippen LogP contribution in [0.15, 0.2) is 59.4 Å². The SMILES string of the molecule is CCCCOc1cccc(C(=O)c2c(C)c(C#N)c(=O)n(CCc3ccccc3)c2O)c1. The second-order valence-electron chi connectivity index (χ2n) is 7.56. The van der Waals surface area contributed by atoms with Gasteiger partial charge >= 0.3 is 0 Å². The molecule has 0 aliphatic rings. The molecule has 1 heterocycles. The summed E-state index contributed by atoms with van der Waals surface area (Å²) in [6.07, 6.45) is 2.36. The third kappa shape index (κ3) is 4.89. The highest BCUT2D eigenvalue weighted by Crippen LogP contribution is 2.26. The molecule has 0 atom stereocenters. The van der Waals surface area contributed by atoms with Gasteiger partial charge in [0.15, 0.2) is 5.78 Å². The Kier molecular flexibility index (Phi) is 7.45. The minimum Gasteiger partial charge on any atom is -0.494 e. The van der Waals surface area contributed by atoms with Crippen molar-refractivity contribution in [2.24, 2.45) is 0 Å². The van der Waals surface area contributed by atoms with Crippen LogP contribution in [0.1, 0.15) is 52.4 Å². The van der Waals surface area contributed by atoms with Gasteiger partial charge in [-0.1, -0.05) is 55.8 Å². The van der Waals surface area contributed by atoms with Crippen LogP contribution in [-0.2, 0) is 13.0 Å². The standard InChI is InChI=1S/C26H26N2O4/c1-3-4-15-32-21-12-8-11-20(16-21)24(29)23-18(2)22(17-27)25(30)28(26(23)31)14-13-19-9-6-5-7-10-19/h5-12,16,31H,3-4,13-15H2,1-2H3. The molecule has 6 heteroatoms. The number of carbonyl (C=O) groups excluding carboxylic acids is 1. The molecule has 0 spiro atoms. The van der Waals surface area contributed by atoms with E-state index < -0.39 is 17.2 Å². The molecule has 6 nitrogen and oxygen atoms in total. The second kappa shape index (κ2) is 10.5. The van der Waals surface area contributed by atoms with E-state index in [1.54, 1.807) is 24.3 Å². The Hall–Kier alpha value is -3.85. The Morgan fingerprint density at radius 2 is 1.91 bits per heavy atom. The van der Waals surface area contributed by atoms with Gasteiger partial charge in [0.1, 0.15) is 17.4 Å². The third-order valence-electron chi connectivity index (χ3n) is 5.36. The summed E-state index contributed by atoms with van der Waals surface area (Å²) in [5.41, 5.74) is 0.673. The number of carbonyl (C=O) groups is 1. The van der Waals surface area contributed by atoms with Crippen molar-refractivity contribution in [2.45, 2.75) is 39.7 Å². The van der Waals surface area contributed by atoms with Gasteiger partial charge in [-0.25, -0.2) is 0 Å². The summed E-state index contributed by atoms with van der Waals surface area (Å²) in [4.78, 5) is 26.2. The number of aromatic nitrogens is 1. The molecule has 164 valence electrons. The second-order valence-corrected chi connectivity index (χ2v) is 7.56. The summed E-state index contributed by atoms with van der Waals surface area (Å²) in [5.74, 6) is -0.338. The molecule has 0 aliphatic heterocycles. The molecule has 1 aromatic heterocycles. The summed E-state index contributed by atoms with van der Waals surface area (Å²) < 4.78 is 6.79. The van der Waals surface area contributed by atoms with Crippen LogP contribution in [0.3, 0.4) is 0 Å². The minimum absolute atomic E-state index is 0.0417. The number of hydrogen-bond donors (Lipinski definition) is 1. The smallest absolute Gasteiger partial charge is 0.271 e. The lowest BCUT2D eigenvalue weighted by molar-refractivity contribution is 0.103. The Morgan fingerprint density at radius 3 is 2.59 bits per heavy atom. The zero-order valence-electron chi connectivity index (χ0n) is 18.3. The van der Waals surface area contributed by atoms with E-state index >= 15 is 0 Å². The van der Waals surface area contributed by atoms with Crippen molar-refractivity contribution < 1.29 is 14.6 Å². The van der Waals surface area contributed by atoms with Gasteiger partial charge in [-0.15, -0.1) is 0 Å². The Bertz CT molecular complexity index is 1210. The molecule has 2 aromatic carbocycles. The van der Waals surface area contributed by atoms with E-state index in [1.165, 1.54) is 6.92 Å². The summed E-state index contributed by atoms with van der Waals surface area (Å²) >= 11 is 0. The van der Waals surface area contributed by atoms with E-state index in [0.717, 1.165) is 23.0 Å². The molecular formula is C26H26N2O4. The molecule has 0 fully saturated rings. The van der Waals surface area contributed by atoms with Crippen LogP contribution >= 0.6 is 0 Å². The van der Waals surface area contributed by atoms with Crippen LogP contribution in [0.25, 0.3) is 0 Å². The maximum absolute atomic E-state index is 13.3. The van der Waals surface area contributed by atoms with Crippen LogP contribution in [0.4, 0.5) is 0 Å². The fourth-order valence-corrected chi connectivity index (χ4v) is 3.52. The summed E-state index contributed by atoms with van der Waals surface area (Å²) in [7, 11) is 0. The van der Waals surface area contributed by atoms with Crippen LogP contribution in [0.5, 0.6) is 11.6 Å². The highest BCUT2D eigenvalue weighted by Gasteiger charge is 2.25. The lowest BCUT2D eigenvalue weighted by Gasteiger charge is -2.16. The van der Waals surface area contributed by atoms with Crippen LogP contribution in [0, 0.1) is 18.3 Å². The first-order valence-electron chi connectivity index (χ1n) is 10.7. The monoisotopic (exact) mass is 430 g/mol. The molecule has 3 aromatic rings. The number of benzene rings is 2. The third-order valence-corrected chi connectivity index (χ3v) is 5.36. The molecule has 0 bridgehead atoms. The predicted molar refractivity (Wildman–Crippen MR) is 122 cm³/mol. The molecule has 3 rings (SSSR count). The zero-order chi connectivity index (χ0) is 23.1.